The quantitative estimate of drug-likeness (QED) is 0.572. The molecule has 9 heteroatoms. The van der Waals surface area contributed by atoms with E-state index >= 15 is 0 Å². The molecule has 3 aromatic rings. The van der Waals surface area contributed by atoms with Gasteiger partial charge < -0.3 is 14.8 Å². The number of benzene rings is 1. The summed E-state index contributed by atoms with van der Waals surface area (Å²) in [6, 6.07) is 11.0. The normalized spacial score (nSPS) is 10.6. The number of thiophene rings is 1. The third kappa shape index (κ3) is 5.43. The van der Waals surface area contributed by atoms with E-state index in [4.69, 9.17) is 0 Å². The number of hydrogen-bond donors (Lipinski definition) is 1. The van der Waals surface area contributed by atoms with E-state index in [1.807, 2.05) is 10.6 Å². The van der Waals surface area contributed by atoms with E-state index in [0.29, 0.717) is 16.4 Å². The number of rotatable bonds is 8. The van der Waals surface area contributed by atoms with Crippen molar-refractivity contribution in [2.24, 2.45) is 0 Å². The van der Waals surface area contributed by atoms with Crippen molar-refractivity contribution >= 4 is 40.6 Å². The Labute approximate surface area is 171 Å². The molecular weight excluding hydrogens is 394 g/mol. The van der Waals surface area contributed by atoms with E-state index < -0.39 is 0 Å². The highest BCUT2D eigenvalue weighted by molar-refractivity contribution is 7.99. The van der Waals surface area contributed by atoms with Crippen molar-refractivity contribution in [3.63, 3.8) is 0 Å². The van der Waals surface area contributed by atoms with Crippen LogP contribution in [0.25, 0.3) is 0 Å². The molecule has 7 nitrogen and oxygen atoms in total. The molecule has 0 aliphatic carbocycles. The second kappa shape index (κ2) is 9.52. The Balaban J connectivity index is 1.53. The minimum Gasteiger partial charge on any atom is -0.345 e. The van der Waals surface area contributed by atoms with Gasteiger partial charge in [0.05, 0.1) is 5.75 Å². The number of nitrogens with zero attached hydrogens (tertiary/aromatic N) is 4. The predicted molar refractivity (Wildman–Crippen MR) is 112 cm³/mol. The summed E-state index contributed by atoms with van der Waals surface area (Å²) in [5.41, 5.74) is 1.13. The van der Waals surface area contributed by atoms with Crippen LogP contribution in [0.15, 0.2) is 53.3 Å². The maximum absolute atomic E-state index is 12.3. The van der Waals surface area contributed by atoms with Gasteiger partial charge in [0, 0.05) is 36.8 Å². The fourth-order valence-electron chi connectivity index (χ4n) is 2.51. The number of nitrogens with one attached hydrogen (secondary N) is 1. The second-order valence-electron chi connectivity index (χ2n) is 6.25. The molecule has 0 radical (unpaired) electrons. The highest BCUT2D eigenvalue weighted by atomic mass is 32.2. The summed E-state index contributed by atoms with van der Waals surface area (Å²) < 4.78 is 1.95. The van der Waals surface area contributed by atoms with E-state index in [2.05, 4.69) is 27.0 Å². The summed E-state index contributed by atoms with van der Waals surface area (Å²) in [7, 11) is 3.39. The number of carbonyl (C=O) groups is 2. The van der Waals surface area contributed by atoms with Gasteiger partial charge in [-0.3, -0.25) is 9.59 Å². The van der Waals surface area contributed by atoms with Gasteiger partial charge in [-0.1, -0.05) is 23.9 Å². The molecular formula is C19H21N5O2S2. The van der Waals surface area contributed by atoms with Crippen molar-refractivity contribution in [2.75, 3.05) is 25.2 Å². The van der Waals surface area contributed by atoms with E-state index in [0.717, 1.165) is 13.0 Å². The van der Waals surface area contributed by atoms with Gasteiger partial charge >= 0.3 is 0 Å². The fraction of sp³-hybridized carbons (Fsp3) is 0.263. The first-order valence-corrected chi connectivity index (χ1v) is 10.5. The summed E-state index contributed by atoms with van der Waals surface area (Å²) in [5.74, 6) is -0.0552. The molecule has 3 rings (SSSR count). The van der Waals surface area contributed by atoms with Gasteiger partial charge in [-0.05, 0) is 36.1 Å². The SMILES string of the molecule is CN(C)C(=O)c1cccc(NC(=O)CSc2nncn2CCc2cccs2)c1. The van der Waals surface area contributed by atoms with Crippen molar-refractivity contribution in [1.29, 1.82) is 0 Å². The van der Waals surface area contributed by atoms with E-state index in [1.165, 1.54) is 21.5 Å². The number of anilines is 1. The molecule has 1 N–H and O–H groups in total. The first-order valence-electron chi connectivity index (χ1n) is 8.67. The first-order chi connectivity index (χ1) is 13.5. The van der Waals surface area contributed by atoms with Gasteiger partial charge in [-0.15, -0.1) is 21.5 Å². The molecule has 2 heterocycles. The minimum absolute atomic E-state index is 0.107. The Hall–Kier alpha value is -2.65. The zero-order valence-corrected chi connectivity index (χ0v) is 17.3. The minimum atomic E-state index is -0.160. The number of carbonyl (C=O) groups excluding carboxylic acids is 2. The number of thioether (sulfide) groups is 1. The van der Waals surface area contributed by atoms with Crippen molar-refractivity contribution in [3.05, 3.63) is 58.5 Å². The molecule has 2 amide bonds. The molecule has 1 aromatic carbocycles. The van der Waals surface area contributed by atoms with Crippen LogP contribution in [0.2, 0.25) is 0 Å². The van der Waals surface area contributed by atoms with Crippen LogP contribution in [-0.4, -0.2) is 51.3 Å². The Kier molecular flexibility index (Phi) is 6.83. The molecule has 0 unspecified atom stereocenters. The largest absolute Gasteiger partial charge is 0.345 e. The fourth-order valence-corrected chi connectivity index (χ4v) is 3.95. The number of aryl methyl sites for hydroxylation is 2. The van der Waals surface area contributed by atoms with Crippen LogP contribution in [0.1, 0.15) is 15.2 Å². The third-order valence-corrected chi connectivity index (χ3v) is 5.81. The van der Waals surface area contributed by atoms with Crippen LogP contribution in [0.4, 0.5) is 5.69 Å². The average molecular weight is 416 g/mol. The highest BCUT2D eigenvalue weighted by Crippen LogP contribution is 2.18. The number of aromatic nitrogens is 3. The second-order valence-corrected chi connectivity index (χ2v) is 8.23. The lowest BCUT2D eigenvalue weighted by Crippen LogP contribution is -2.22. The molecule has 0 saturated heterocycles. The van der Waals surface area contributed by atoms with Crippen molar-refractivity contribution in [2.45, 2.75) is 18.1 Å². The van der Waals surface area contributed by atoms with Crippen molar-refractivity contribution in [1.82, 2.24) is 19.7 Å². The molecule has 0 fully saturated rings. The summed E-state index contributed by atoms with van der Waals surface area (Å²) in [6.45, 7) is 0.770. The van der Waals surface area contributed by atoms with Gasteiger partial charge in [0.15, 0.2) is 5.16 Å². The van der Waals surface area contributed by atoms with E-state index in [-0.39, 0.29) is 17.6 Å². The summed E-state index contributed by atoms with van der Waals surface area (Å²) >= 11 is 3.06. The summed E-state index contributed by atoms with van der Waals surface area (Å²) in [6.07, 6.45) is 2.59. The Morgan fingerprint density at radius 1 is 1.25 bits per heavy atom. The molecule has 0 saturated carbocycles. The molecule has 0 bridgehead atoms. The molecule has 28 heavy (non-hydrogen) atoms. The lowest BCUT2D eigenvalue weighted by atomic mass is 10.2. The van der Waals surface area contributed by atoms with Crippen LogP contribution in [0.3, 0.4) is 0 Å². The lowest BCUT2D eigenvalue weighted by Gasteiger charge is -2.11. The summed E-state index contributed by atoms with van der Waals surface area (Å²) in [5, 5.41) is 13.6. The molecule has 0 aliphatic rings. The first kappa shape index (κ1) is 20.1. The Morgan fingerprint density at radius 2 is 2.11 bits per heavy atom. The third-order valence-electron chi connectivity index (χ3n) is 3.89. The van der Waals surface area contributed by atoms with Crippen LogP contribution >= 0.6 is 23.1 Å². The van der Waals surface area contributed by atoms with E-state index in [9.17, 15) is 9.59 Å². The Bertz CT molecular complexity index is 937. The summed E-state index contributed by atoms with van der Waals surface area (Å²) in [4.78, 5) is 27.1. The number of amides is 2. The van der Waals surface area contributed by atoms with Crippen LogP contribution in [0, 0.1) is 0 Å². The maximum Gasteiger partial charge on any atom is 0.253 e. The molecule has 2 aromatic heterocycles. The molecule has 0 spiro atoms. The maximum atomic E-state index is 12.3. The highest BCUT2D eigenvalue weighted by Gasteiger charge is 2.12. The van der Waals surface area contributed by atoms with Gasteiger partial charge in [0.1, 0.15) is 6.33 Å². The van der Waals surface area contributed by atoms with Gasteiger partial charge in [-0.25, -0.2) is 0 Å². The van der Waals surface area contributed by atoms with Crippen molar-refractivity contribution in [3.8, 4) is 0 Å². The topological polar surface area (TPSA) is 80.1 Å². The van der Waals surface area contributed by atoms with Crippen molar-refractivity contribution < 1.29 is 9.59 Å². The van der Waals surface area contributed by atoms with Gasteiger partial charge in [0.25, 0.3) is 5.91 Å². The van der Waals surface area contributed by atoms with Crippen LogP contribution in [-0.2, 0) is 17.8 Å². The monoisotopic (exact) mass is 415 g/mol. The molecule has 0 atom stereocenters. The van der Waals surface area contributed by atoms with Gasteiger partial charge in [-0.2, -0.15) is 0 Å². The van der Waals surface area contributed by atoms with E-state index in [1.54, 1.807) is 56.0 Å². The number of hydrogen-bond acceptors (Lipinski definition) is 6. The zero-order chi connectivity index (χ0) is 19.9. The Morgan fingerprint density at radius 3 is 2.86 bits per heavy atom. The standard InChI is InChI=1S/C19H21N5O2S2/c1-23(2)18(26)14-5-3-6-15(11-14)21-17(25)12-28-19-22-20-13-24(19)9-8-16-7-4-10-27-16/h3-7,10-11,13H,8-9,12H2,1-2H3,(H,21,25). The average Bonchev–Trinajstić information content (AvgIpc) is 3.35. The molecule has 146 valence electrons. The van der Waals surface area contributed by atoms with Gasteiger partial charge in [0.2, 0.25) is 5.91 Å². The van der Waals surface area contributed by atoms with Crippen LogP contribution < -0.4 is 5.32 Å². The lowest BCUT2D eigenvalue weighted by molar-refractivity contribution is -0.113. The predicted octanol–water partition coefficient (Wildman–Crippen LogP) is 3.01. The zero-order valence-electron chi connectivity index (χ0n) is 15.7. The molecule has 0 aliphatic heterocycles. The van der Waals surface area contributed by atoms with Crippen LogP contribution in [0.5, 0.6) is 0 Å². The smallest absolute Gasteiger partial charge is 0.253 e.